The first kappa shape index (κ1) is 16.7. The fraction of sp³-hybridized carbons (Fsp3) is 0.381. The molecule has 0 saturated carbocycles. The molecule has 0 radical (unpaired) electrons. The highest BCUT2D eigenvalue weighted by Gasteiger charge is 2.22. The van der Waals surface area contributed by atoms with Gasteiger partial charge in [0.1, 0.15) is 6.54 Å². The number of likely N-dealkylation sites (tertiary alicyclic amines) is 1. The van der Waals surface area contributed by atoms with Gasteiger partial charge in [0.15, 0.2) is 0 Å². The fourth-order valence-corrected chi connectivity index (χ4v) is 3.58. The summed E-state index contributed by atoms with van der Waals surface area (Å²) < 4.78 is 4.74. The van der Waals surface area contributed by atoms with Crippen molar-refractivity contribution in [2.45, 2.75) is 25.8 Å². The van der Waals surface area contributed by atoms with Gasteiger partial charge in [-0.05, 0) is 42.9 Å². The highest BCUT2D eigenvalue weighted by molar-refractivity contribution is 5.89. The molecule has 0 spiro atoms. The summed E-state index contributed by atoms with van der Waals surface area (Å²) in [6.45, 7) is 3.51. The molecule has 3 rings (SSSR count). The predicted octanol–water partition coefficient (Wildman–Crippen LogP) is 2.51. The van der Waals surface area contributed by atoms with E-state index in [0.717, 1.165) is 12.5 Å². The van der Waals surface area contributed by atoms with Crippen LogP contribution in [0, 0.1) is 5.92 Å². The molecule has 0 atom stereocenters. The van der Waals surface area contributed by atoms with Gasteiger partial charge < -0.3 is 9.64 Å². The predicted molar refractivity (Wildman–Crippen MR) is 95.1 cm³/mol. The maximum absolute atomic E-state index is 11.5. The lowest BCUT2D eigenvalue weighted by Crippen LogP contribution is -3.11. The first-order valence-corrected chi connectivity index (χ1v) is 8.79. The van der Waals surface area contributed by atoms with Gasteiger partial charge in [-0.2, -0.15) is 0 Å². The van der Waals surface area contributed by atoms with Crippen molar-refractivity contribution in [3.63, 3.8) is 0 Å². The maximum atomic E-state index is 11.5. The first-order valence-electron chi connectivity index (χ1n) is 8.79. The van der Waals surface area contributed by atoms with E-state index in [1.165, 1.54) is 50.6 Å². The number of nitrogens with one attached hydrogen (secondary N) is 1. The summed E-state index contributed by atoms with van der Waals surface area (Å²) in [6, 6.07) is 18.7. The number of ether oxygens (including phenoxy) is 1. The molecule has 3 heteroatoms. The van der Waals surface area contributed by atoms with Gasteiger partial charge in [0.2, 0.25) is 0 Å². The average Bonchev–Trinajstić information content (AvgIpc) is 2.64. The number of quaternary nitrogens is 1. The SMILES string of the molecule is COC(=O)c1ccc(C[NH+]2CCC(Cc3ccccc3)CC2)cc1. The fourth-order valence-electron chi connectivity index (χ4n) is 3.58. The van der Waals surface area contributed by atoms with Crippen molar-refractivity contribution in [1.29, 1.82) is 0 Å². The van der Waals surface area contributed by atoms with Crippen molar-refractivity contribution in [2.24, 2.45) is 5.92 Å². The van der Waals surface area contributed by atoms with Gasteiger partial charge in [0.25, 0.3) is 0 Å². The Kier molecular flexibility index (Phi) is 5.65. The third-order valence-corrected chi connectivity index (χ3v) is 5.01. The van der Waals surface area contributed by atoms with Gasteiger partial charge in [0.05, 0.1) is 25.8 Å². The van der Waals surface area contributed by atoms with Crippen molar-refractivity contribution in [2.75, 3.05) is 20.2 Å². The molecule has 0 amide bonds. The summed E-state index contributed by atoms with van der Waals surface area (Å²) in [4.78, 5) is 13.1. The van der Waals surface area contributed by atoms with Gasteiger partial charge in [-0.3, -0.25) is 0 Å². The normalized spacial score (nSPS) is 20.5. The number of piperidine rings is 1. The molecule has 3 nitrogen and oxygen atoms in total. The Hall–Kier alpha value is -2.13. The monoisotopic (exact) mass is 324 g/mol. The van der Waals surface area contributed by atoms with E-state index in [4.69, 9.17) is 4.74 Å². The molecule has 1 heterocycles. The number of rotatable bonds is 5. The third-order valence-electron chi connectivity index (χ3n) is 5.01. The van der Waals surface area contributed by atoms with Crippen LogP contribution < -0.4 is 4.90 Å². The molecule has 0 bridgehead atoms. The number of esters is 1. The van der Waals surface area contributed by atoms with E-state index in [2.05, 4.69) is 42.5 Å². The molecule has 0 aliphatic carbocycles. The summed E-state index contributed by atoms with van der Waals surface area (Å²) in [6.07, 6.45) is 3.80. The Bertz CT molecular complexity index is 643. The van der Waals surface area contributed by atoms with Crippen LogP contribution in [0.5, 0.6) is 0 Å². The quantitative estimate of drug-likeness (QED) is 0.857. The molecule has 1 aliphatic rings. The summed E-state index contributed by atoms with van der Waals surface area (Å²) in [5, 5.41) is 0. The van der Waals surface area contributed by atoms with Crippen LogP contribution in [0.4, 0.5) is 0 Å². The van der Waals surface area contributed by atoms with Crippen LogP contribution in [0.1, 0.15) is 34.3 Å². The third kappa shape index (κ3) is 4.45. The molecule has 1 saturated heterocycles. The molecule has 126 valence electrons. The minimum atomic E-state index is -0.268. The number of methoxy groups -OCH3 is 1. The summed E-state index contributed by atoms with van der Waals surface area (Å²) in [7, 11) is 1.42. The highest BCUT2D eigenvalue weighted by atomic mass is 16.5. The van der Waals surface area contributed by atoms with Gasteiger partial charge in [-0.15, -0.1) is 0 Å². The van der Waals surface area contributed by atoms with Gasteiger partial charge >= 0.3 is 5.97 Å². The Morgan fingerprint density at radius 3 is 2.29 bits per heavy atom. The van der Waals surface area contributed by atoms with Crippen molar-refractivity contribution in [3.05, 3.63) is 71.3 Å². The zero-order valence-electron chi connectivity index (χ0n) is 14.3. The van der Waals surface area contributed by atoms with Crippen LogP contribution in [-0.4, -0.2) is 26.2 Å². The summed E-state index contributed by atoms with van der Waals surface area (Å²) in [5.41, 5.74) is 3.38. The number of hydrogen-bond acceptors (Lipinski definition) is 2. The van der Waals surface area contributed by atoms with Crippen LogP contribution in [0.25, 0.3) is 0 Å². The van der Waals surface area contributed by atoms with E-state index in [1.54, 1.807) is 4.90 Å². The largest absolute Gasteiger partial charge is 0.465 e. The Labute approximate surface area is 144 Å². The van der Waals surface area contributed by atoms with Crippen LogP contribution in [0.3, 0.4) is 0 Å². The maximum Gasteiger partial charge on any atom is 0.337 e. The summed E-state index contributed by atoms with van der Waals surface area (Å²) >= 11 is 0. The van der Waals surface area contributed by atoms with E-state index in [1.807, 2.05) is 12.1 Å². The molecule has 0 aromatic heterocycles. The minimum Gasteiger partial charge on any atom is -0.465 e. The van der Waals surface area contributed by atoms with Gasteiger partial charge in [-0.25, -0.2) is 4.79 Å². The van der Waals surface area contributed by atoms with Crippen molar-refractivity contribution < 1.29 is 14.4 Å². The second kappa shape index (κ2) is 8.11. The van der Waals surface area contributed by atoms with Crippen LogP contribution in [-0.2, 0) is 17.7 Å². The van der Waals surface area contributed by atoms with E-state index >= 15 is 0 Å². The summed E-state index contributed by atoms with van der Waals surface area (Å²) in [5.74, 6) is 0.550. The van der Waals surface area contributed by atoms with Crippen molar-refractivity contribution >= 4 is 5.97 Å². The lowest BCUT2D eigenvalue weighted by molar-refractivity contribution is -0.919. The second-order valence-corrected chi connectivity index (χ2v) is 6.75. The second-order valence-electron chi connectivity index (χ2n) is 6.75. The van der Waals surface area contributed by atoms with Gasteiger partial charge in [-0.1, -0.05) is 42.5 Å². The topological polar surface area (TPSA) is 30.7 Å². The van der Waals surface area contributed by atoms with Crippen molar-refractivity contribution in [3.8, 4) is 0 Å². The number of carbonyl (C=O) groups is 1. The smallest absolute Gasteiger partial charge is 0.337 e. The average molecular weight is 324 g/mol. The van der Waals surface area contributed by atoms with Crippen LogP contribution >= 0.6 is 0 Å². The molecule has 0 unspecified atom stereocenters. The number of carbonyl (C=O) groups excluding carboxylic acids is 1. The molecular formula is C21H26NO2+. The van der Waals surface area contributed by atoms with Crippen molar-refractivity contribution in [1.82, 2.24) is 0 Å². The Morgan fingerprint density at radius 2 is 1.67 bits per heavy atom. The molecule has 2 aromatic rings. The molecule has 1 N–H and O–H groups in total. The lowest BCUT2D eigenvalue weighted by Gasteiger charge is -2.29. The number of benzene rings is 2. The standard InChI is InChI=1S/C21H25NO2/c1-24-21(23)20-9-7-19(8-10-20)16-22-13-11-18(12-14-22)15-17-5-3-2-4-6-17/h2-10,18H,11-16H2,1H3/p+1. The Morgan fingerprint density at radius 1 is 1.00 bits per heavy atom. The molecule has 1 fully saturated rings. The van der Waals surface area contributed by atoms with E-state index < -0.39 is 0 Å². The van der Waals surface area contributed by atoms with Gasteiger partial charge in [0, 0.05) is 5.56 Å². The minimum absolute atomic E-state index is 0.268. The molecular weight excluding hydrogens is 298 g/mol. The van der Waals surface area contributed by atoms with E-state index in [-0.39, 0.29) is 5.97 Å². The molecule has 24 heavy (non-hydrogen) atoms. The molecule has 1 aliphatic heterocycles. The highest BCUT2D eigenvalue weighted by Crippen LogP contribution is 2.16. The molecule has 2 aromatic carbocycles. The zero-order chi connectivity index (χ0) is 16.8. The first-order chi connectivity index (χ1) is 11.7. The lowest BCUT2D eigenvalue weighted by atomic mass is 9.90. The number of hydrogen-bond donors (Lipinski definition) is 1. The van der Waals surface area contributed by atoms with E-state index in [9.17, 15) is 4.79 Å². The van der Waals surface area contributed by atoms with Crippen LogP contribution in [0.2, 0.25) is 0 Å². The van der Waals surface area contributed by atoms with Crippen LogP contribution in [0.15, 0.2) is 54.6 Å². The van der Waals surface area contributed by atoms with E-state index in [0.29, 0.717) is 5.56 Å². The Balaban J connectivity index is 1.47. The zero-order valence-corrected chi connectivity index (χ0v) is 14.3.